The van der Waals surface area contributed by atoms with Crippen LogP contribution >= 0.6 is 11.3 Å². The van der Waals surface area contributed by atoms with Gasteiger partial charge < -0.3 is 0 Å². The number of nitrogens with zero attached hydrogens (tertiary/aromatic N) is 5. The molecule has 2 aromatic heterocycles. The molecule has 0 amide bonds. The van der Waals surface area contributed by atoms with E-state index in [1.807, 2.05) is 24.3 Å². The van der Waals surface area contributed by atoms with E-state index in [9.17, 15) is 0 Å². The number of benzene rings is 1. The normalized spacial score (nSPS) is 10.7. The van der Waals surface area contributed by atoms with Crippen LogP contribution in [0.1, 0.15) is 0 Å². The van der Waals surface area contributed by atoms with Gasteiger partial charge in [-0.1, -0.05) is 12.1 Å². The van der Waals surface area contributed by atoms with Crippen LogP contribution in [0.15, 0.2) is 30.5 Å². The lowest BCUT2D eigenvalue weighted by atomic mass is 10.3. The van der Waals surface area contributed by atoms with Crippen LogP contribution < -0.4 is 0 Å². The molecule has 3 rings (SSSR count). The number of rotatable bonds is 1. The summed E-state index contributed by atoms with van der Waals surface area (Å²) in [6.45, 7) is 0. The first-order chi connectivity index (χ1) is 7.43. The second-order valence-electron chi connectivity index (χ2n) is 2.90. The van der Waals surface area contributed by atoms with Crippen molar-refractivity contribution in [2.75, 3.05) is 0 Å². The SMILES string of the molecule is c1ccc2sc(-c3cnnnn3)nc2c1. The lowest BCUT2D eigenvalue weighted by Crippen LogP contribution is -1.92. The van der Waals surface area contributed by atoms with Gasteiger partial charge in [0, 0.05) is 0 Å². The third-order valence-electron chi connectivity index (χ3n) is 1.94. The highest BCUT2D eigenvalue weighted by atomic mass is 32.1. The minimum Gasteiger partial charge on any atom is -0.234 e. The molecule has 0 radical (unpaired) electrons. The molecular formula is C9H5N5S. The highest BCUT2D eigenvalue weighted by Crippen LogP contribution is 2.27. The van der Waals surface area contributed by atoms with Gasteiger partial charge in [0.15, 0.2) is 0 Å². The second kappa shape index (κ2) is 3.32. The van der Waals surface area contributed by atoms with Gasteiger partial charge in [0.25, 0.3) is 0 Å². The molecule has 72 valence electrons. The third-order valence-corrected chi connectivity index (χ3v) is 3.00. The Morgan fingerprint density at radius 3 is 2.80 bits per heavy atom. The number of para-hydroxylation sites is 1. The van der Waals surface area contributed by atoms with Gasteiger partial charge in [-0.25, -0.2) is 4.98 Å². The molecule has 2 heterocycles. The van der Waals surface area contributed by atoms with E-state index >= 15 is 0 Å². The molecule has 0 aliphatic heterocycles. The van der Waals surface area contributed by atoms with Crippen LogP contribution in [-0.4, -0.2) is 25.6 Å². The van der Waals surface area contributed by atoms with Crippen LogP contribution in [0.25, 0.3) is 20.9 Å². The average molecular weight is 215 g/mol. The first-order valence-electron chi connectivity index (χ1n) is 4.30. The summed E-state index contributed by atoms with van der Waals surface area (Å²) < 4.78 is 1.13. The van der Waals surface area contributed by atoms with E-state index in [-0.39, 0.29) is 0 Å². The quantitative estimate of drug-likeness (QED) is 0.616. The molecule has 0 N–H and O–H groups in total. The fourth-order valence-electron chi connectivity index (χ4n) is 1.28. The van der Waals surface area contributed by atoms with Crippen molar-refractivity contribution >= 4 is 21.6 Å². The molecule has 0 unspecified atom stereocenters. The first-order valence-corrected chi connectivity index (χ1v) is 5.12. The van der Waals surface area contributed by atoms with Gasteiger partial charge in [-0.05, 0) is 22.6 Å². The van der Waals surface area contributed by atoms with E-state index in [1.54, 1.807) is 17.5 Å². The Hall–Kier alpha value is -1.95. The van der Waals surface area contributed by atoms with Gasteiger partial charge in [0.1, 0.15) is 10.7 Å². The Balaban J connectivity index is 2.21. The predicted molar refractivity (Wildman–Crippen MR) is 56.2 cm³/mol. The molecule has 0 bridgehead atoms. The summed E-state index contributed by atoms with van der Waals surface area (Å²) in [6, 6.07) is 7.94. The fraction of sp³-hybridized carbons (Fsp3) is 0. The number of thiazole rings is 1. The molecule has 0 atom stereocenters. The Labute approximate surface area is 88.8 Å². The van der Waals surface area contributed by atoms with Crippen LogP contribution in [0.5, 0.6) is 0 Å². The Bertz CT molecular complexity index is 559. The zero-order chi connectivity index (χ0) is 10.1. The van der Waals surface area contributed by atoms with Crippen LogP contribution in [-0.2, 0) is 0 Å². The van der Waals surface area contributed by atoms with E-state index in [4.69, 9.17) is 0 Å². The van der Waals surface area contributed by atoms with Gasteiger partial charge in [-0.2, -0.15) is 0 Å². The van der Waals surface area contributed by atoms with E-state index in [2.05, 4.69) is 25.6 Å². The Morgan fingerprint density at radius 2 is 2.00 bits per heavy atom. The Kier molecular flexibility index (Phi) is 1.85. The monoisotopic (exact) mass is 215 g/mol. The molecule has 0 fully saturated rings. The minimum atomic E-state index is 0.659. The predicted octanol–water partition coefficient (Wildman–Crippen LogP) is 1.54. The van der Waals surface area contributed by atoms with Crippen molar-refractivity contribution in [3.05, 3.63) is 30.5 Å². The molecule has 5 nitrogen and oxygen atoms in total. The molecule has 6 heteroatoms. The van der Waals surface area contributed by atoms with Crippen molar-refractivity contribution in [3.8, 4) is 10.7 Å². The van der Waals surface area contributed by atoms with Crippen molar-refractivity contribution < 1.29 is 0 Å². The molecule has 0 spiro atoms. The molecular weight excluding hydrogens is 210 g/mol. The number of aromatic nitrogens is 5. The van der Waals surface area contributed by atoms with E-state index in [0.717, 1.165) is 15.2 Å². The summed E-state index contributed by atoms with van der Waals surface area (Å²) in [6.07, 6.45) is 1.56. The van der Waals surface area contributed by atoms with Gasteiger partial charge >= 0.3 is 0 Å². The summed E-state index contributed by atoms with van der Waals surface area (Å²) in [5, 5.41) is 15.2. The number of hydrogen-bond acceptors (Lipinski definition) is 6. The molecule has 15 heavy (non-hydrogen) atoms. The Morgan fingerprint density at radius 1 is 1.07 bits per heavy atom. The van der Waals surface area contributed by atoms with E-state index < -0.39 is 0 Å². The minimum absolute atomic E-state index is 0.659. The zero-order valence-corrected chi connectivity index (χ0v) is 8.35. The summed E-state index contributed by atoms with van der Waals surface area (Å²) in [5.74, 6) is 0. The van der Waals surface area contributed by atoms with Crippen LogP contribution in [0, 0.1) is 0 Å². The molecule has 0 aliphatic carbocycles. The van der Waals surface area contributed by atoms with E-state index in [1.165, 1.54) is 0 Å². The molecule has 0 saturated carbocycles. The lowest BCUT2D eigenvalue weighted by molar-refractivity contribution is 0.766. The maximum absolute atomic E-state index is 4.43. The van der Waals surface area contributed by atoms with Crippen LogP contribution in [0.3, 0.4) is 0 Å². The smallest absolute Gasteiger partial charge is 0.146 e. The first kappa shape index (κ1) is 8.37. The summed E-state index contributed by atoms with van der Waals surface area (Å²) in [7, 11) is 0. The molecule has 1 aromatic carbocycles. The van der Waals surface area contributed by atoms with E-state index in [0.29, 0.717) is 5.69 Å². The highest BCUT2D eigenvalue weighted by Gasteiger charge is 2.07. The lowest BCUT2D eigenvalue weighted by Gasteiger charge is -1.87. The largest absolute Gasteiger partial charge is 0.234 e. The van der Waals surface area contributed by atoms with Crippen molar-refractivity contribution in [1.82, 2.24) is 25.6 Å². The number of fused-ring (bicyclic) bond motifs is 1. The van der Waals surface area contributed by atoms with Crippen LogP contribution in [0.4, 0.5) is 0 Å². The van der Waals surface area contributed by atoms with Crippen molar-refractivity contribution in [3.63, 3.8) is 0 Å². The summed E-state index contributed by atoms with van der Waals surface area (Å²) in [5.41, 5.74) is 1.63. The third kappa shape index (κ3) is 1.44. The van der Waals surface area contributed by atoms with Gasteiger partial charge in [-0.15, -0.1) is 21.5 Å². The maximum atomic E-state index is 4.43. The number of hydrogen-bond donors (Lipinski definition) is 0. The summed E-state index contributed by atoms with van der Waals surface area (Å²) >= 11 is 1.57. The summed E-state index contributed by atoms with van der Waals surface area (Å²) in [4.78, 5) is 4.43. The maximum Gasteiger partial charge on any atom is 0.146 e. The fourth-order valence-corrected chi connectivity index (χ4v) is 2.19. The zero-order valence-electron chi connectivity index (χ0n) is 7.53. The van der Waals surface area contributed by atoms with Crippen molar-refractivity contribution in [2.45, 2.75) is 0 Å². The van der Waals surface area contributed by atoms with Crippen molar-refractivity contribution in [2.24, 2.45) is 0 Å². The molecule has 0 aliphatic rings. The van der Waals surface area contributed by atoms with Gasteiger partial charge in [-0.3, -0.25) is 0 Å². The second-order valence-corrected chi connectivity index (χ2v) is 3.93. The topological polar surface area (TPSA) is 64.5 Å². The highest BCUT2D eigenvalue weighted by molar-refractivity contribution is 7.21. The van der Waals surface area contributed by atoms with Crippen LogP contribution in [0.2, 0.25) is 0 Å². The average Bonchev–Trinajstić information content (AvgIpc) is 2.74. The molecule has 3 aromatic rings. The standard InChI is InChI=1S/C9H5N5S/c1-2-4-8-6(3-1)11-9(15-8)7-5-10-13-14-12-7/h1-5H. The van der Waals surface area contributed by atoms with Crippen molar-refractivity contribution in [1.29, 1.82) is 0 Å². The van der Waals surface area contributed by atoms with Gasteiger partial charge in [0.05, 0.1) is 16.4 Å². The molecule has 0 saturated heterocycles. The van der Waals surface area contributed by atoms with Gasteiger partial charge in [0.2, 0.25) is 0 Å².